The Balaban J connectivity index is 1.73. The Hall–Kier alpha value is -0.920. The minimum absolute atomic E-state index is 0.223. The Morgan fingerprint density at radius 1 is 1.22 bits per heavy atom. The van der Waals surface area contributed by atoms with Gasteiger partial charge < -0.3 is 4.74 Å². The first-order valence-corrected chi connectivity index (χ1v) is 7.59. The summed E-state index contributed by atoms with van der Waals surface area (Å²) in [7, 11) is -3.42. The molecule has 0 bridgehead atoms. The van der Waals surface area contributed by atoms with E-state index in [1.54, 1.807) is 0 Å². The molecule has 2 fully saturated rings. The Labute approximate surface area is 107 Å². The highest BCUT2D eigenvalue weighted by atomic mass is 32.2. The number of aromatic nitrogens is 2. The van der Waals surface area contributed by atoms with Crippen molar-refractivity contribution in [1.82, 2.24) is 13.3 Å². The molecule has 0 aromatic carbocycles. The van der Waals surface area contributed by atoms with E-state index in [2.05, 4.69) is 4.98 Å². The van der Waals surface area contributed by atoms with Gasteiger partial charge in [-0.25, -0.2) is 8.96 Å². The number of rotatable bonds is 2. The number of piperidine rings is 1. The van der Waals surface area contributed by atoms with E-state index in [9.17, 15) is 8.42 Å². The maximum absolute atomic E-state index is 12.3. The molecule has 2 saturated heterocycles. The average Bonchev–Trinajstić information content (AvgIpc) is 3.01. The fourth-order valence-electron chi connectivity index (χ4n) is 2.75. The van der Waals surface area contributed by atoms with Gasteiger partial charge in [0.05, 0.1) is 6.61 Å². The van der Waals surface area contributed by atoms with Crippen molar-refractivity contribution < 1.29 is 13.2 Å². The van der Waals surface area contributed by atoms with Gasteiger partial charge in [-0.15, -0.1) is 0 Å². The van der Waals surface area contributed by atoms with Crippen molar-refractivity contribution in [2.75, 3.05) is 26.3 Å². The minimum atomic E-state index is -3.42. The highest BCUT2D eigenvalue weighted by molar-refractivity contribution is 7.87. The molecule has 3 heterocycles. The van der Waals surface area contributed by atoms with Crippen molar-refractivity contribution in [3.63, 3.8) is 0 Å². The molecule has 3 rings (SSSR count). The molecule has 100 valence electrons. The van der Waals surface area contributed by atoms with Crippen LogP contribution < -0.4 is 0 Å². The van der Waals surface area contributed by atoms with Gasteiger partial charge in [0.25, 0.3) is 0 Å². The van der Waals surface area contributed by atoms with Crippen LogP contribution in [0.2, 0.25) is 0 Å². The second-order valence-corrected chi connectivity index (χ2v) is 6.94. The molecule has 1 aromatic heterocycles. The lowest BCUT2D eigenvalue weighted by Gasteiger charge is -2.37. The number of hydrogen-bond acceptors (Lipinski definition) is 4. The molecule has 7 heteroatoms. The topological polar surface area (TPSA) is 64.4 Å². The Morgan fingerprint density at radius 2 is 2.00 bits per heavy atom. The van der Waals surface area contributed by atoms with Crippen molar-refractivity contribution in [2.24, 2.45) is 5.41 Å². The minimum Gasteiger partial charge on any atom is -0.381 e. The van der Waals surface area contributed by atoms with Crippen molar-refractivity contribution in [2.45, 2.75) is 19.3 Å². The highest BCUT2D eigenvalue weighted by Gasteiger charge is 2.40. The van der Waals surface area contributed by atoms with Crippen molar-refractivity contribution in [3.8, 4) is 0 Å². The Morgan fingerprint density at radius 3 is 2.56 bits per heavy atom. The van der Waals surface area contributed by atoms with Crippen LogP contribution in [-0.2, 0) is 14.9 Å². The SMILES string of the molecule is O=S(=O)(N1CCC2(CCOC2)CC1)n1ccnc1. The first kappa shape index (κ1) is 12.1. The summed E-state index contributed by atoms with van der Waals surface area (Å²) in [6.07, 6.45) is 7.12. The molecule has 0 aliphatic carbocycles. The van der Waals surface area contributed by atoms with E-state index in [1.165, 1.54) is 27.0 Å². The Bertz CT molecular complexity index is 496. The molecular weight excluding hydrogens is 254 g/mol. The molecule has 1 aromatic rings. The molecule has 18 heavy (non-hydrogen) atoms. The summed E-state index contributed by atoms with van der Waals surface area (Å²) in [6, 6.07) is 0. The summed E-state index contributed by atoms with van der Waals surface area (Å²) in [5, 5.41) is 0. The molecule has 2 aliphatic rings. The first-order valence-electron chi connectivity index (χ1n) is 6.19. The number of imidazole rings is 1. The van der Waals surface area contributed by atoms with Crippen LogP contribution in [0.15, 0.2) is 18.7 Å². The second kappa shape index (κ2) is 4.32. The van der Waals surface area contributed by atoms with Gasteiger partial charge in [-0.2, -0.15) is 12.7 Å². The van der Waals surface area contributed by atoms with Gasteiger partial charge in [0.2, 0.25) is 0 Å². The van der Waals surface area contributed by atoms with E-state index < -0.39 is 10.2 Å². The number of nitrogens with zero attached hydrogens (tertiary/aromatic N) is 3. The summed E-state index contributed by atoms with van der Waals surface area (Å²) in [6.45, 7) is 2.74. The van der Waals surface area contributed by atoms with Crippen LogP contribution >= 0.6 is 0 Å². The maximum atomic E-state index is 12.3. The van der Waals surface area contributed by atoms with Crippen LogP contribution in [0.5, 0.6) is 0 Å². The smallest absolute Gasteiger partial charge is 0.308 e. The fraction of sp³-hybridized carbons (Fsp3) is 0.727. The van der Waals surface area contributed by atoms with Crippen LogP contribution in [0.3, 0.4) is 0 Å². The van der Waals surface area contributed by atoms with E-state index in [4.69, 9.17) is 4.74 Å². The fourth-order valence-corrected chi connectivity index (χ4v) is 4.04. The number of hydrogen-bond donors (Lipinski definition) is 0. The molecule has 6 nitrogen and oxygen atoms in total. The quantitative estimate of drug-likeness (QED) is 0.784. The third kappa shape index (κ3) is 1.96. The number of ether oxygens (including phenoxy) is 1. The normalized spacial score (nSPS) is 24.7. The van der Waals surface area contributed by atoms with E-state index in [-0.39, 0.29) is 5.41 Å². The Kier molecular flexibility index (Phi) is 2.91. The van der Waals surface area contributed by atoms with E-state index in [0.717, 1.165) is 32.5 Å². The largest absolute Gasteiger partial charge is 0.381 e. The van der Waals surface area contributed by atoms with Crippen molar-refractivity contribution in [1.29, 1.82) is 0 Å². The van der Waals surface area contributed by atoms with Gasteiger partial charge in [0.1, 0.15) is 6.33 Å². The molecule has 1 spiro atoms. The standard InChI is InChI=1S/C11H17N3O3S/c15-18(16,14-7-4-12-10-14)13-5-1-11(2-6-13)3-8-17-9-11/h4,7,10H,1-3,5-6,8-9H2. The van der Waals surface area contributed by atoms with Gasteiger partial charge in [0, 0.05) is 32.1 Å². The molecule has 0 radical (unpaired) electrons. The summed E-state index contributed by atoms with van der Waals surface area (Å²) >= 11 is 0. The van der Waals surface area contributed by atoms with Gasteiger partial charge in [-0.05, 0) is 24.7 Å². The molecule has 0 saturated carbocycles. The zero-order valence-electron chi connectivity index (χ0n) is 10.2. The monoisotopic (exact) mass is 271 g/mol. The molecule has 0 amide bonds. The lowest BCUT2D eigenvalue weighted by molar-refractivity contribution is 0.108. The molecule has 2 aliphatic heterocycles. The third-order valence-corrected chi connectivity index (χ3v) is 5.81. The molecule has 0 N–H and O–H groups in total. The van der Waals surface area contributed by atoms with Gasteiger partial charge in [-0.3, -0.25) is 0 Å². The van der Waals surface area contributed by atoms with Crippen LogP contribution in [0, 0.1) is 5.41 Å². The summed E-state index contributed by atoms with van der Waals surface area (Å²) in [4.78, 5) is 3.79. The average molecular weight is 271 g/mol. The molecule has 0 unspecified atom stereocenters. The second-order valence-electron chi connectivity index (χ2n) is 5.10. The van der Waals surface area contributed by atoms with E-state index in [1.807, 2.05) is 0 Å². The highest BCUT2D eigenvalue weighted by Crippen LogP contribution is 2.39. The maximum Gasteiger partial charge on any atom is 0.308 e. The van der Waals surface area contributed by atoms with E-state index >= 15 is 0 Å². The van der Waals surface area contributed by atoms with Crippen molar-refractivity contribution >= 4 is 10.2 Å². The predicted octanol–water partition coefficient (Wildman–Crippen LogP) is 0.478. The van der Waals surface area contributed by atoms with Crippen LogP contribution in [0.25, 0.3) is 0 Å². The van der Waals surface area contributed by atoms with Gasteiger partial charge in [0.15, 0.2) is 0 Å². The molecular formula is C11H17N3O3S. The van der Waals surface area contributed by atoms with E-state index in [0.29, 0.717) is 13.1 Å². The summed E-state index contributed by atoms with van der Waals surface area (Å²) in [5.41, 5.74) is 0.223. The summed E-state index contributed by atoms with van der Waals surface area (Å²) in [5.74, 6) is 0. The lowest BCUT2D eigenvalue weighted by Crippen LogP contribution is -2.45. The zero-order valence-corrected chi connectivity index (χ0v) is 11.0. The van der Waals surface area contributed by atoms with Crippen LogP contribution in [-0.4, -0.2) is 48.0 Å². The van der Waals surface area contributed by atoms with Crippen LogP contribution in [0.1, 0.15) is 19.3 Å². The zero-order chi connectivity index (χ0) is 12.6. The summed E-state index contributed by atoms with van der Waals surface area (Å²) < 4.78 is 32.7. The molecule has 0 atom stereocenters. The third-order valence-electron chi connectivity index (χ3n) is 4.04. The van der Waals surface area contributed by atoms with Crippen LogP contribution in [0.4, 0.5) is 0 Å². The van der Waals surface area contributed by atoms with Gasteiger partial charge in [-0.1, -0.05) is 0 Å². The predicted molar refractivity (Wildman–Crippen MR) is 65.2 cm³/mol. The first-order chi connectivity index (χ1) is 8.62. The van der Waals surface area contributed by atoms with Gasteiger partial charge >= 0.3 is 10.2 Å². The van der Waals surface area contributed by atoms with Crippen molar-refractivity contribution in [3.05, 3.63) is 18.7 Å². The lowest BCUT2D eigenvalue weighted by atomic mass is 9.79.